The molecule has 0 bridgehead atoms. The summed E-state index contributed by atoms with van der Waals surface area (Å²) in [5.74, 6) is -1.07. The minimum absolute atomic E-state index is 0.200. The third-order valence-electron chi connectivity index (χ3n) is 1.99. The minimum atomic E-state index is -1.01. The molecule has 1 aromatic carbocycles. The van der Waals surface area contributed by atoms with Gasteiger partial charge in [0, 0.05) is 4.47 Å². The van der Waals surface area contributed by atoms with Gasteiger partial charge in [-0.05, 0) is 34.1 Å². The highest BCUT2D eigenvalue weighted by Gasteiger charge is 2.15. The summed E-state index contributed by atoms with van der Waals surface area (Å²) in [6.45, 7) is -0.606. The predicted octanol–water partition coefficient (Wildman–Crippen LogP) is 0.809. The molecule has 0 unspecified atom stereocenters. The van der Waals surface area contributed by atoms with Crippen LogP contribution >= 0.6 is 15.9 Å². The number of benzene rings is 1. The van der Waals surface area contributed by atoms with Crippen molar-refractivity contribution in [1.29, 1.82) is 0 Å². The summed E-state index contributed by atoms with van der Waals surface area (Å²) in [5, 5.41) is 1.77. The lowest BCUT2D eigenvalue weighted by atomic mass is 10.2. The van der Waals surface area contributed by atoms with E-state index in [1.807, 2.05) is 0 Å². The fourth-order valence-corrected chi connectivity index (χ4v) is 1.58. The van der Waals surface area contributed by atoms with Gasteiger partial charge in [0.1, 0.15) is 5.75 Å². The number of carbonyl (C=O) groups is 3. The maximum Gasteiger partial charge on any atom is 0.339 e. The van der Waals surface area contributed by atoms with Gasteiger partial charge in [0.15, 0.2) is 6.61 Å². The van der Waals surface area contributed by atoms with E-state index in [-0.39, 0.29) is 5.56 Å². The molecule has 0 aliphatic rings. The second-order valence-corrected chi connectivity index (χ2v) is 4.19. The second-order valence-electron chi connectivity index (χ2n) is 3.33. The number of methoxy groups -OCH3 is 1. The highest BCUT2D eigenvalue weighted by atomic mass is 79.9. The molecule has 0 spiro atoms. The van der Waals surface area contributed by atoms with Crippen molar-refractivity contribution in [2.75, 3.05) is 13.7 Å². The standard InChI is InChI=1S/C11H11BrN2O5/c1-18-6-2-3-8(12)7(4-6)10(16)19-5-9(15)14-11(13)17/h2-4H,5H2,1H3,(H3,13,14,15,17). The fourth-order valence-electron chi connectivity index (χ4n) is 1.17. The van der Waals surface area contributed by atoms with Crippen LogP contribution in [0.3, 0.4) is 0 Å². The maximum atomic E-state index is 11.7. The molecule has 102 valence electrons. The van der Waals surface area contributed by atoms with Gasteiger partial charge in [-0.2, -0.15) is 0 Å². The van der Waals surface area contributed by atoms with Crippen molar-refractivity contribution in [1.82, 2.24) is 5.32 Å². The van der Waals surface area contributed by atoms with Crippen LogP contribution in [0.25, 0.3) is 0 Å². The van der Waals surface area contributed by atoms with Gasteiger partial charge in [-0.3, -0.25) is 10.1 Å². The van der Waals surface area contributed by atoms with E-state index in [0.717, 1.165) is 0 Å². The van der Waals surface area contributed by atoms with E-state index in [0.29, 0.717) is 10.2 Å². The summed E-state index contributed by atoms with van der Waals surface area (Å²) in [5.41, 5.74) is 4.94. The molecule has 19 heavy (non-hydrogen) atoms. The van der Waals surface area contributed by atoms with Crippen LogP contribution in [-0.4, -0.2) is 31.6 Å². The molecule has 0 atom stereocenters. The zero-order chi connectivity index (χ0) is 14.4. The molecular weight excluding hydrogens is 320 g/mol. The van der Waals surface area contributed by atoms with Crippen molar-refractivity contribution in [3.63, 3.8) is 0 Å². The van der Waals surface area contributed by atoms with Crippen LogP contribution in [0, 0.1) is 0 Å². The Hall–Kier alpha value is -2.09. The third-order valence-corrected chi connectivity index (χ3v) is 2.68. The highest BCUT2D eigenvalue weighted by Crippen LogP contribution is 2.23. The molecule has 0 radical (unpaired) electrons. The first kappa shape index (κ1) is 15.0. The van der Waals surface area contributed by atoms with Crippen LogP contribution in [0.1, 0.15) is 10.4 Å². The highest BCUT2D eigenvalue weighted by molar-refractivity contribution is 9.10. The van der Waals surface area contributed by atoms with Gasteiger partial charge in [-0.25, -0.2) is 9.59 Å². The number of imide groups is 1. The smallest absolute Gasteiger partial charge is 0.339 e. The first-order valence-corrected chi connectivity index (χ1v) is 5.83. The van der Waals surface area contributed by atoms with Gasteiger partial charge in [0.05, 0.1) is 12.7 Å². The van der Waals surface area contributed by atoms with E-state index in [4.69, 9.17) is 15.2 Å². The van der Waals surface area contributed by atoms with E-state index < -0.39 is 24.5 Å². The number of ether oxygens (including phenoxy) is 2. The second kappa shape index (κ2) is 6.74. The molecule has 0 saturated heterocycles. The number of urea groups is 1. The topological polar surface area (TPSA) is 108 Å². The quantitative estimate of drug-likeness (QED) is 0.794. The Kier molecular flexibility index (Phi) is 5.31. The molecule has 0 heterocycles. The minimum Gasteiger partial charge on any atom is -0.497 e. The van der Waals surface area contributed by atoms with Crippen LogP contribution in [0.5, 0.6) is 5.75 Å². The van der Waals surface area contributed by atoms with E-state index >= 15 is 0 Å². The normalized spacial score (nSPS) is 9.58. The Morgan fingerprint density at radius 1 is 1.37 bits per heavy atom. The van der Waals surface area contributed by atoms with Crippen LogP contribution in [0.4, 0.5) is 4.79 Å². The van der Waals surface area contributed by atoms with Crippen LogP contribution in [-0.2, 0) is 9.53 Å². The predicted molar refractivity (Wildman–Crippen MR) is 68.7 cm³/mol. The monoisotopic (exact) mass is 330 g/mol. The average Bonchev–Trinajstić information content (AvgIpc) is 2.35. The average molecular weight is 331 g/mol. The largest absolute Gasteiger partial charge is 0.497 e. The zero-order valence-corrected chi connectivity index (χ0v) is 11.5. The number of esters is 1. The van der Waals surface area contributed by atoms with Crippen molar-refractivity contribution in [2.24, 2.45) is 5.73 Å². The molecule has 0 aromatic heterocycles. The van der Waals surface area contributed by atoms with E-state index in [1.165, 1.54) is 13.2 Å². The van der Waals surface area contributed by atoms with Crippen LogP contribution in [0.15, 0.2) is 22.7 Å². The van der Waals surface area contributed by atoms with Gasteiger partial charge >= 0.3 is 12.0 Å². The van der Waals surface area contributed by atoms with Crippen molar-refractivity contribution in [3.8, 4) is 5.75 Å². The van der Waals surface area contributed by atoms with Crippen molar-refractivity contribution < 1.29 is 23.9 Å². The first-order chi connectivity index (χ1) is 8.93. The molecular formula is C11H11BrN2O5. The summed E-state index contributed by atoms with van der Waals surface area (Å²) in [6, 6.07) is 3.71. The molecule has 8 heteroatoms. The lowest BCUT2D eigenvalue weighted by Crippen LogP contribution is -2.37. The SMILES string of the molecule is COc1ccc(Br)c(C(=O)OCC(=O)NC(N)=O)c1. The third kappa shape index (κ3) is 4.59. The van der Waals surface area contributed by atoms with Gasteiger partial charge < -0.3 is 15.2 Å². The summed E-state index contributed by atoms with van der Waals surface area (Å²) in [6.07, 6.45) is 0. The number of carbonyl (C=O) groups excluding carboxylic acids is 3. The van der Waals surface area contributed by atoms with Gasteiger partial charge in [0.25, 0.3) is 5.91 Å². The number of primary amides is 1. The van der Waals surface area contributed by atoms with Crippen LogP contribution in [0.2, 0.25) is 0 Å². The number of halogens is 1. The van der Waals surface area contributed by atoms with Gasteiger partial charge in [-0.1, -0.05) is 0 Å². The molecule has 1 aromatic rings. The number of hydrogen-bond acceptors (Lipinski definition) is 5. The molecule has 0 aliphatic carbocycles. The van der Waals surface area contributed by atoms with E-state index in [9.17, 15) is 14.4 Å². The summed E-state index contributed by atoms with van der Waals surface area (Å²) in [4.78, 5) is 33.2. The van der Waals surface area contributed by atoms with Crippen molar-refractivity contribution >= 4 is 33.8 Å². The number of nitrogens with two attached hydrogens (primary N) is 1. The maximum absolute atomic E-state index is 11.7. The molecule has 3 N–H and O–H groups in total. The van der Waals surface area contributed by atoms with E-state index in [2.05, 4.69) is 15.9 Å². The molecule has 0 saturated carbocycles. The Bertz CT molecular complexity index is 518. The van der Waals surface area contributed by atoms with Crippen molar-refractivity contribution in [2.45, 2.75) is 0 Å². The lowest BCUT2D eigenvalue weighted by Gasteiger charge is -2.07. The number of nitrogens with one attached hydrogen (secondary N) is 1. The summed E-state index contributed by atoms with van der Waals surface area (Å²) >= 11 is 3.18. The number of hydrogen-bond donors (Lipinski definition) is 2. The Morgan fingerprint density at radius 2 is 2.05 bits per heavy atom. The summed E-state index contributed by atoms with van der Waals surface area (Å²) in [7, 11) is 1.46. The fraction of sp³-hybridized carbons (Fsp3) is 0.182. The molecule has 0 fully saturated rings. The zero-order valence-electron chi connectivity index (χ0n) is 9.94. The van der Waals surface area contributed by atoms with Gasteiger partial charge in [-0.15, -0.1) is 0 Å². The molecule has 1 rings (SSSR count). The van der Waals surface area contributed by atoms with Gasteiger partial charge in [0.2, 0.25) is 0 Å². The number of rotatable bonds is 4. The van der Waals surface area contributed by atoms with E-state index in [1.54, 1.807) is 17.4 Å². The Balaban J connectivity index is 2.68. The first-order valence-electron chi connectivity index (χ1n) is 5.04. The molecule has 3 amide bonds. The van der Waals surface area contributed by atoms with Crippen molar-refractivity contribution in [3.05, 3.63) is 28.2 Å². The molecule has 0 aliphatic heterocycles. The lowest BCUT2D eigenvalue weighted by molar-refractivity contribution is -0.123. The van der Waals surface area contributed by atoms with Crippen LogP contribution < -0.4 is 15.8 Å². The molecule has 7 nitrogen and oxygen atoms in total. The Morgan fingerprint density at radius 3 is 2.63 bits per heavy atom. The number of amides is 3. The Labute approximate surface area is 117 Å². The summed E-state index contributed by atoms with van der Waals surface area (Å²) < 4.78 is 10.2.